The number of amides is 1. The molecule has 0 N–H and O–H groups in total. The largest absolute Gasteiger partial charge is 0.336 e. The molecule has 0 aliphatic carbocycles. The highest BCUT2D eigenvalue weighted by Gasteiger charge is 2.12. The minimum Gasteiger partial charge on any atom is -0.336 e. The van der Waals surface area contributed by atoms with Gasteiger partial charge in [-0.05, 0) is 37.3 Å². The van der Waals surface area contributed by atoms with E-state index in [1.807, 2.05) is 37.3 Å². The molecule has 4 heteroatoms. The molecular weight excluding hydrogens is 256 g/mol. The van der Waals surface area contributed by atoms with Gasteiger partial charge in [-0.1, -0.05) is 12.1 Å². The number of aromatic nitrogens is 1. The van der Waals surface area contributed by atoms with Crippen molar-refractivity contribution in [2.75, 3.05) is 7.05 Å². The van der Waals surface area contributed by atoms with Crippen LogP contribution < -0.4 is 0 Å². The standard InChI is InChI=1S/C15H16N2OS/c1-11-5-3-7-13(16-11)10-17(2)15(18)12-6-4-8-14(19)9-12/h3-9,19H,10H2,1-2H3. The monoisotopic (exact) mass is 272 g/mol. The van der Waals surface area contributed by atoms with E-state index in [-0.39, 0.29) is 5.91 Å². The van der Waals surface area contributed by atoms with Crippen LogP contribution in [0.15, 0.2) is 47.4 Å². The number of hydrogen-bond acceptors (Lipinski definition) is 3. The molecule has 2 aromatic rings. The van der Waals surface area contributed by atoms with Crippen LogP contribution in [0.25, 0.3) is 0 Å². The summed E-state index contributed by atoms with van der Waals surface area (Å²) in [6, 6.07) is 13.1. The summed E-state index contributed by atoms with van der Waals surface area (Å²) in [5.74, 6) is -0.0285. The molecule has 1 amide bonds. The zero-order valence-corrected chi connectivity index (χ0v) is 11.9. The van der Waals surface area contributed by atoms with E-state index in [0.717, 1.165) is 16.3 Å². The molecule has 0 atom stereocenters. The Balaban J connectivity index is 2.12. The fourth-order valence-corrected chi connectivity index (χ4v) is 2.09. The Hall–Kier alpha value is -1.81. The second-order valence-corrected chi connectivity index (χ2v) is 5.00. The molecule has 0 unspecified atom stereocenters. The van der Waals surface area contributed by atoms with Gasteiger partial charge in [0.15, 0.2) is 0 Å². The van der Waals surface area contributed by atoms with Crippen molar-refractivity contribution in [3.63, 3.8) is 0 Å². The molecule has 0 saturated carbocycles. The van der Waals surface area contributed by atoms with E-state index in [1.165, 1.54) is 0 Å². The molecule has 1 aromatic carbocycles. The number of aryl methyl sites for hydroxylation is 1. The number of hydrogen-bond donors (Lipinski definition) is 1. The van der Waals surface area contributed by atoms with Crippen molar-refractivity contribution in [1.29, 1.82) is 0 Å². The van der Waals surface area contributed by atoms with E-state index >= 15 is 0 Å². The van der Waals surface area contributed by atoms with Gasteiger partial charge >= 0.3 is 0 Å². The van der Waals surface area contributed by atoms with Crippen molar-refractivity contribution >= 4 is 18.5 Å². The zero-order chi connectivity index (χ0) is 13.8. The molecular formula is C15H16N2OS. The van der Waals surface area contributed by atoms with Crippen LogP contribution >= 0.6 is 12.6 Å². The first-order valence-corrected chi connectivity index (χ1v) is 6.48. The summed E-state index contributed by atoms with van der Waals surface area (Å²) in [4.78, 5) is 19.1. The highest BCUT2D eigenvalue weighted by atomic mass is 32.1. The van der Waals surface area contributed by atoms with Gasteiger partial charge in [0.2, 0.25) is 0 Å². The van der Waals surface area contributed by atoms with Crippen LogP contribution in [0.2, 0.25) is 0 Å². The molecule has 3 nitrogen and oxygen atoms in total. The van der Waals surface area contributed by atoms with Crippen LogP contribution in [0.3, 0.4) is 0 Å². The Kier molecular flexibility index (Phi) is 4.22. The van der Waals surface area contributed by atoms with Gasteiger partial charge in [-0.25, -0.2) is 0 Å². The van der Waals surface area contributed by atoms with Crippen LogP contribution in [0, 0.1) is 6.92 Å². The second-order valence-electron chi connectivity index (χ2n) is 4.48. The number of carbonyl (C=O) groups is 1. The summed E-state index contributed by atoms with van der Waals surface area (Å²) in [5.41, 5.74) is 2.48. The van der Waals surface area contributed by atoms with Crippen LogP contribution in [-0.2, 0) is 6.54 Å². The van der Waals surface area contributed by atoms with Crippen molar-refractivity contribution in [3.05, 3.63) is 59.4 Å². The maximum absolute atomic E-state index is 12.3. The van der Waals surface area contributed by atoms with Crippen molar-refractivity contribution in [2.24, 2.45) is 0 Å². The quantitative estimate of drug-likeness (QED) is 0.871. The van der Waals surface area contributed by atoms with E-state index in [2.05, 4.69) is 17.6 Å². The van der Waals surface area contributed by atoms with Crippen LogP contribution in [0.1, 0.15) is 21.7 Å². The summed E-state index contributed by atoms with van der Waals surface area (Å²) in [5, 5.41) is 0. The lowest BCUT2D eigenvalue weighted by molar-refractivity contribution is 0.0783. The summed E-state index contributed by atoms with van der Waals surface area (Å²) >= 11 is 4.25. The maximum atomic E-state index is 12.3. The number of carbonyl (C=O) groups excluding carboxylic acids is 1. The van der Waals surface area contributed by atoms with Gasteiger partial charge in [-0.15, -0.1) is 12.6 Å². The molecule has 0 fully saturated rings. The number of benzene rings is 1. The fraction of sp³-hybridized carbons (Fsp3) is 0.200. The predicted octanol–water partition coefficient (Wildman–Crippen LogP) is 2.95. The minimum absolute atomic E-state index is 0.0285. The molecule has 0 saturated heterocycles. The van der Waals surface area contributed by atoms with Crippen LogP contribution in [0.4, 0.5) is 0 Å². The first-order chi connectivity index (χ1) is 9.06. The third-order valence-electron chi connectivity index (χ3n) is 2.78. The average molecular weight is 272 g/mol. The van der Waals surface area contributed by atoms with E-state index < -0.39 is 0 Å². The van der Waals surface area contributed by atoms with Crippen molar-refractivity contribution in [3.8, 4) is 0 Å². The maximum Gasteiger partial charge on any atom is 0.253 e. The first-order valence-electron chi connectivity index (χ1n) is 6.03. The third-order valence-corrected chi connectivity index (χ3v) is 3.06. The van der Waals surface area contributed by atoms with Gasteiger partial charge in [0.25, 0.3) is 5.91 Å². The molecule has 0 radical (unpaired) electrons. The molecule has 98 valence electrons. The lowest BCUT2D eigenvalue weighted by Crippen LogP contribution is -2.26. The fourth-order valence-electron chi connectivity index (χ4n) is 1.86. The van der Waals surface area contributed by atoms with E-state index in [4.69, 9.17) is 0 Å². The molecule has 0 aliphatic heterocycles. The van der Waals surface area contributed by atoms with Gasteiger partial charge in [0.1, 0.15) is 0 Å². The smallest absolute Gasteiger partial charge is 0.253 e. The van der Waals surface area contributed by atoms with Gasteiger partial charge in [0, 0.05) is 23.2 Å². The van der Waals surface area contributed by atoms with Crippen molar-refractivity contribution < 1.29 is 4.79 Å². The summed E-state index contributed by atoms with van der Waals surface area (Å²) in [6.07, 6.45) is 0. The molecule has 0 spiro atoms. The van der Waals surface area contributed by atoms with Gasteiger partial charge in [-0.3, -0.25) is 9.78 Å². The Morgan fingerprint density at radius 1 is 1.26 bits per heavy atom. The first kappa shape index (κ1) is 13.6. The van der Waals surface area contributed by atoms with Gasteiger partial charge in [0.05, 0.1) is 12.2 Å². The van der Waals surface area contributed by atoms with Crippen LogP contribution in [-0.4, -0.2) is 22.8 Å². The normalized spacial score (nSPS) is 10.3. The lowest BCUT2D eigenvalue weighted by atomic mass is 10.2. The van der Waals surface area contributed by atoms with E-state index in [0.29, 0.717) is 12.1 Å². The molecule has 19 heavy (non-hydrogen) atoms. The van der Waals surface area contributed by atoms with E-state index in [1.54, 1.807) is 24.1 Å². The highest BCUT2D eigenvalue weighted by Crippen LogP contribution is 2.12. The number of rotatable bonds is 3. The minimum atomic E-state index is -0.0285. The van der Waals surface area contributed by atoms with Crippen molar-refractivity contribution in [1.82, 2.24) is 9.88 Å². The molecule has 0 aliphatic rings. The number of nitrogens with zero attached hydrogens (tertiary/aromatic N) is 2. The highest BCUT2D eigenvalue weighted by molar-refractivity contribution is 7.80. The van der Waals surface area contributed by atoms with Gasteiger partial charge < -0.3 is 4.90 Å². The van der Waals surface area contributed by atoms with Crippen LogP contribution in [0.5, 0.6) is 0 Å². The Labute approximate surface area is 118 Å². The molecule has 2 rings (SSSR count). The third kappa shape index (κ3) is 3.58. The molecule has 1 aromatic heterocycles. The molecule has 1 heterocycles. The average Bonchev–Trinajstić information content (AvgIpc) is 2.38. The number of thiol groups is 1. The summed E-state index contributed by atoms with van der Waals surface area (Å²) in [6.45, 7) is 2.44. The van der Waals surface area contributed by atoms with Crippen molar-refractivity contribution in [2.45, 2.75) is 18.4 Å². The summed E-state index contributed by atoms with van der Waals surface area (Å²) < 4.78 is 0. The SMILES string of the molecule is Cc1cccc(CN(C)C(=O)c2cccc(S)c2)n1. The van der Waals surface area contributed by atoms with E-state index in [9.17, 15) is 4.79 Å². The number of pyridine rings is 1. The van der Waals surface area contributed by atoms with Gasteiger partial charge in [-0.2, -0.15) is 0 Å². The Morgan fingerprint density at radius 3 is 2.68 bits per heavy atom. The second kappa shape index (κ2) is 5.89. The lowest BCUT2D eigenvalue weighted by Gasteiger charge is -2.17. The zero-order valence-electron chi connectivity index (χ0n) is 11.0. The summed E-state index contributed by atoms with van der Waals surface area (Å²) in [7, 11) is 1.78. The predicted molar refractivity (Wildman–Crippen MR) is 78.5 cm³/mol. The Morgan fingerprint density at radius 2 is 2.00 bits per heavy atom. The Bertz CT molecular complexity index is 598. The topological polar surface area (TPSA) is 33.2 Å². The molecule has 0 bridgehead atoms.